The third-order valence-electron chi connectivity index (χ3n) is 3.69. The van der Waals surface area contributed by atoms with Crippen LogP contribution in [0.1, 0.15) is 33.6 Å². The fraction of sp³-hybridized carbons (Fsp3) is 0.917. The monoisotopic (exact) mass is 212 g/mol. The molecule has 15 heavy (non-hydrogen) atoms. The summed E-state index contributed by atoms with van der Waals surface area (Å²) >= 11 is 0. The largest absolute Gasteiger partial charge is 0.347 e. The van der Waals surface area contributed by atoms with E-state index in [4.69, 9.17) is 0 Å². The van der Waals surface area contributed by atoms with Crippen LogP contribution in [-0.2, 0) is 4.79 Å². The molecule has 88 valence electrons. The van der Waals surface area contributed by atoms with Crippen LogP contribution < -0.4 is 5.32 Å². The standard InChI is InChI=1S/C12H24N2O/c1-9(2)12(6-7-12)8-13-10(3)11(15)14(4)5/h9-10,13H,6-8H2,1-5H3. The van der Waals surface area contributed by atoms with Gasteiger partial charge in [0.25, 0.3) is 0 Å². The van der Waals surface area contributed by atoms with Crippen LogP contribution in [0.25, 0.3) is 0 Å². The van der Waals surface area contributed by atoms with Gasteiger partial charge in [-0.05, 0) is 31.1 Å². The van der Waals surface area contributed by atoms with E-state index in [-0.39, 0.29) is 11.9 Å². The van der Waals surface area contributed by atoms with E-state index in [1.807, 2.05) is 6.92 Å². The van der Waals surface area contributed by atoms with Gasteiger partial charge in [0.1, 0.15) is 0 Å². The molecule has 0 radical (unpaired) electrons. The Bertz CT molecular complexity index is 232. The van der Waals surface area contributed by atoms with Crippen molar-refractivity contribution in [1.82, 2.24) is 10.2 Å². The Morgan fingerprint density at radius 1 is 1.33 bits per heavy atom. The molecule has 1 aliphatic rings. The van der Waals surface area contributed by atoms with E-state index >= 15 is 0 Å². The van der Waals surface area contributed by atoms with E-state index in [1.54, 1.807) is 19.0 Å². The van der Waals surface area contributed by atoms with Crippen molar-refractivity contribution in [3.05, 3.63) is 0 Å². The highest BCUT2D eigenvalue weighted by molar-refractivity contribution is 5.80. The first-order valence-corrected chi connectivity index (χ1v) is 5.83. The minimum atomic E-state index is -0.0591. The first-order valence-electron chi connectivity index (χ1n) is 5.83. The van der Waals surface area contributed by atoms with Crippen LogP contribution in [0, 0.1) is 11.3 Å². The lowest BCUT2D eigenvalue weighted by molar-refractivity contribution is -0.130. The molecule has 3 nitrogen and oxygen atoms in total. The smallest absolute Gasteiger partial charge is 0.238 e. The number of likely N-dealkylation sites (N-methyl/N-ethyl adjacent to an activating group) is 1. The fourth-order valence-corrected chi connectivity index (χ4v) is 1.95. The summed E-state index contributed by atoms with van der Waals surface area (Å²) in [6, 6.07) is -0.0591. The van der Waals surface area contributed by atoms with E-state index < -0.39 is 0 Å². The Hall–Kier alpha value is -0.570. The molecule has 0 aromatic rings. The molecular weight excluding hydrogens is 188 g/mol. The summed E-state index contributed by atoms with van der Waals surface area (Å²) in [6.45, 7) is 7.46. The molecule has 0 heterocycles. The molecule has 1 fully saturated rings. The lowest BCUT2D eigenvalue weighted by atomic mass is 9.92. The van der Waals surface area contributed by atoms with Crippen LogP contribution in [0.3, 0.4) is 0 Å². The molecule has 3 heteroatoms. The maximum atomic E-state index is 11.6. The van der Waals surface area contributed by atoms with E-state index in [1.165, 1.54) is 12.8 Å². The second-order valence-electron chi connectivity index (χ2n) is 5.35. The third kappa shape index (κ3) is 2.94. The van der Waals surface area contributed by atoms with Gasteiger partial charge in [-0.1, -0.05) is 13.8 Å². The van der Waals surface area contributed by atoms with Crippen molar-refractivity contribution in [3.8, 4) is 0 Å². The Morgan fingerprint density at radius 3 is 2.20 bits per heavy atom. The number of carbonyl (C=O) groups is 1. The van der Waals surface area contributed by atoms with Gasteiger partial charge in [0.05, 0.1) is 6.04 Å². The molecule has 1 aliphatic carbocycles. The first-order chi connectivity index (χ1) is 6.89. The van der Waals surface area contributed by atoms with Crippen molar-refractivity contribution >= 4 is 5.91 Å². The Kier molecular flexibility index (Phi) is 3.77. The molecule has 1 amide bonds. The molecule has 0 saturated heterocycles. The zero-order chi connectivity index (χ0) is 11.6. The lowest BCUT2D eigenvalue weighted by Gasteiger charge is -2.24. The maximum absolute atomic E-state index is 11.6. The summed E-state index contributed by atoms with van der Waals surface area (Å²) in [7, 11) is 3.60. The van der Waals surface area contributed by atoms with Crippen LogP contribution in [-0.4, -0.2) is 37.5 Å². The fourth-order valence-electron chi connectivity index (χ4n) is 1.95. The van der Waals surface area contributed by atoms with Gasteiger partial charge < -0.3 is 10.2 Å². The van der Waals surface area contributed by atoms with Gasteiger partial charge >= 0.3 is 0 Å². The van der Waals surface area contributed by atoms with E-state index in [0.29, 0.717) is 11.3 Å². The number of nitrogens with zero attached hydrogens (tertiary/aromatic N) is 1. The van der Waals surface area contributed by atoms with Crippen molar-refractivity contribution in [1.29, 1.82) is 0 Å². The van der Waals surface area contributed by atoms with Crippen molar-refractivity contribution in [2.24, 2.45) is 11.3 Å². The SMILES string of the molecule is CC(NCC1(C(C)C)CC1)C(=O)N(C)C. The molecular formula is C12H24N2O. The average molecular weight is 212 g/mol. The molecule has 1 atom stereocenters. The minimum Gasteiger partial charge on any atom is -0.347 e. The van der Waals surface area contributed by atoms with Crippen LogP contribution in [0.15, 0.2) is 0 Å². The first kappa shape index (κ1) is 12.5. The summed E-state index contributed by atoms with van der Waals surface area (Å²) in [5.41, 5.74) is 0.473. The van der Waals surface area contributed by atoms with Gasteiger partial charge in [-0.15, -0.1) is 0 Å². The zero-order valence-corrected chi connectivity index (χ0v) is 10.6. The number of hydrogen-bond acceptors (Lipinski definition) is 2. The molecule has 0 bridgehead atoms. The summed E-state index contributed by atoms with van der Waals surface area (Å²) in [5.74, 6) is 0.876. The van der Waals surface area contributed by atoms with Gasteiger partial charge in [-0.2, -0.15) is 0 Å². The Balaban J connectivity index is 2.34. The van der Waals surface area contributed by atoms with Gasteiger partial charge in [0, 0.05) is 20.6 Å². The Morgan fingerprint density at radius 2 is 1.87 bits per heavy atom. The number of rotatable bonds is 5. The Labute approximate surface area is 93.2 Å². The van der Waals surface area contributed by atoms with E-state index in [0.717, 1.165) is 6.54 Å². The summed E-state index contributed by atoms with van der Waals surface area (Å²) in [5, 5.41) is 3.36. The molecule has 1 rings (SSSR count). The van der Waals surface area contributed by atoms with Crippen molar-refractivity contribution in [2.75, 3.05) is 20.6 Å². The molecule has 0 aliphatic heterocycles. The van der Waals surface area contributed by atoms with Crippen LogP contribution in [0.2, 0.25) is 0 Å². The molecule has 1 saturated carbocycles. The second-order valence-corrected chi connectivity index (χ2v) is 5.35. The third-order valence-corrected chi connectivity index (χ3v) is 3.69. The summed E-state index contributed by atoms with van der Waals surface area (Å²) in [4.78, 5) is 13.3. The molecule has 1 unspecified atom stereocenters. The number of amides is 1. The summed E-state index contributed by atoms with van der Waals surface area (Å²) in [6.07, 6.45) is 2.61. The van der Waals surface area contributed by atoms with Gasteiger partial charge in [-0.3, -0.25) is 4.79 Å². The van der Waals surface area contributed by atoms with Crippen molar-refractivity contribution in [3.63, 3.8) is 0 Å². The van der Waals surface area contributed by atoms with Gasteiger partial charge in [-0.25, -0.2) is 0 Å². The predicted octanol–water partition coefficient (Wildman–Crippen LogP) is 1.49. The maximum Gasteiger partial charge on any atom is 0.238 e. The van der Waals surface area contributed by atoms with Crippen LogP contribution in [0.4, 0.5) is 0 Å². The second kappa shape index (κ2) is 4.52. The van der Waals surface area contributed by atoms with Crippen molar-refractivity contribution in [2.45, 2.75) is 39.7 Å². The highest BCUT2D eigenvalue weighted by Crippen LogP contribution is 2.51. The highest BCUT2D eigenvalue weighted by atomic mass is 16.2. The molecule has 0 aromatic heterocycles. The van der Waals surface area contributed by atoms with Gasteiger partial charge in [0.2, 0.25) is 5.91 Å². The molecule has 0 aromatic carbocycles. The van der Waals surface area contributed by atoms with Crippen LogP contribution >= 0.6 is 0 Å². The zero-order valence-electron chi connectivity index (χ0n) is 10.6. The minimum absolute atomic E-state index is 0.0591. The highest BCUT2D eigenvalue weighted by Gasteiger charge is 2.45. The topological polar surface area (TPSA) is 32.3 Å². The quantitative estimate of drug-likeness (QED) is 0.749. The number of hydrogen-bond donors (Lipinski definition) is 1. The molecule has 1 N–H and O–H groups in total. The van der Waals surface area contributed by atoms with Gasteiger partial charge in [0.15, 0.2) is 0 Å². The molecule has 0 spiro atoms. The summed E-state index contributed by atoms with van der Waals surface area (Å²) < 4.78 is 0. The van der Waals surface area contributed by atoms with E-state index in [9.17, 15) is 4.79 Å². The normalized spacial score (nSPS) is 20.1. The van der Waals surface area contributed by atoms with E-state index in [2.05, 4.69) is 19.2 Å². The van der Waals surface area contributed by atoms with Crippen molar-refractivity contribution < 1.29 is 4.79 Å². The van der Waals surface area contributed by atoms with Crippen LogP contribution in [0.5, 0.6) is 0 Å². The average Bonchev–Trinajstić information content (AvgIpc) is 2.93. The predicted molar refractivity (Wildman–Crippen MR) is 62.7 cm³/mol. The number of nitrogens with one attached hydrogen (secondary N) is 1. The lowest BCUT2D eigenvalue weighted by Crippen LogP contribution is -2.44. The number of carbonyl (C=O) groups excluding carboxylic acids is 1.